The molecule has 0 spiro atoms. The molecule has 0 bridgehead atoms. The number of morpholine rings is 1. The predicted molar refractivity (Wildman–Crippen MR) is 85.0 cm³/mol. The van der Waals surface area contributed by atoms with Crippen molar-refractivity contribution in [3.63, 3.8) is 0 Å². The van der Waals surface area contributed by atoms with Gasteiger partial charge in [0, 0.05) is 19.6 Å². The van der Waals surface area contributed by atoms with Crippen LogP contribution in [-0.2, 0) is 24.3 Å². The molecule has 1 amide bonds. The van der Waals surface area contributed by atoms with Crippen molar-refractivity contribution in [1.29, 1.82) is 0 Å². The molecule has 1 N–H and O–H groups in total. The maximum atomic E-state index is 12.8. The minimum atomic E-state index is -3.78. The number of ether oxygens (including phenoxy) is 2. The van der Waals surface area contributed by atoms with E-state index in [0.717, 1.165) is 0 Å². The van der Waals surface area contributed by atoms with Gasteiger partial charge in [0.05, 0.1) is 37.2 Å². The van der Waals surface area contributed by atoms with Gasteiger partial charge < -0.3 is 14.8 Å². The average Bonchev–Trinajstić information content (AvgIpc) is 2.62. The number of rotatable bonds is 6. The Kier molecular flexibility index (Phi) is 6.29. The highest BCUT2D eigenvalue weighted by Gasteiger charge is 2.29. The quantitative estimate of drug-likeness (QED) is 0.720. The van der Waals surface area contributed by atoms with Gasteiger partial charge in [-0.3, -0.25) is 9.59 Å². The molecule has 1 heterocycles. The largest absolute Gasteiger partial charge is 0.469 e. The summed E-state index contributed by atoms with van der Waals surface area (Å²) >= 11 is 0. The van der Waals surface area contributed by atoms with Crippen molar-refractivity contribution in [2.45, 2.75) is 11.3 Å². The third-order valence-electron chi connectivity index (χ3n) is 3.56. The number of carbonyl (C=O) groups excluding carboxylic acids is 2. The smallest absolute Gasteiger partial charge is 0.307 e. The Bertz CT molecular complexity index is 698. The molecule has 1 aromatic carbocycles. The topological polar surface area (TPSA) is 102 Å². The zero-order valence-electron chi connectivity index (χ0n) is 13.4. The number of benzene rings is 1. The van der Waals surface area contributed by atoms with Gasteiger partial charge in [0.2, 0.25) is 10.0 Å². The van der Waals surface area contributed by atoms with Crippen LogP contribution in [0.1, 0.15) is 16.8 Å². The molecule has 0 atom stereocenters. The van der Waals surface area contributed by atoms with Gasteiger partial charge in [-0.1, -0.05) is 12.1 Å². The number of carbonyl (C=O) groups is 2. The van der Waals surface area contributed by atoms with Gasteiger partial charge in [0.15, 0.2) is 0 Å². The van der Waals surface area contributed by atoms with Crippen molar-refractivity contribution < 1.29 is 27.5 Å². The molecule has 1 aliphatic rings. The Morgan fingerprint density at radius 3 is 2.58 bits per heavy atom. The lowest BCUT2D eigenvalue weighted by molar-refractivity contribution is -0.140. The SMILES string of the molecule is COC(=O)CCNC(=O)c1ccccc1S(=O)(=O)N1CCOCC1. The first-order valence-corrected chi connectivity index (χ1v) is 8.92. The van der Waals surface area contributed by atoms with Crippen LogP contribution in [0.3, 0.4) is 0 Å². The summed E-state index contributed by atoms with van der Waals surface area (Å²) in [7, 11) is -2.52. The Labute approximate surface area is 140 Å². The second kappa shape index (κ2) is 8.22. The zero-order valence-corrected chi connectivity index (χ0v) is 14.2. The fourth-order valence-corrected chi connectivity index (χ4v) is 3.88. The summed E-state index contributed by atoms with van der Waals surface area (Å²) in [5, 5.41) is 2.53. The molecule has 1 aromatic rings. The van der Waals surface area contributed by atoms with Crippen molar-refractivity contribution in [2.75, 3.05) is 40.0 Å². The molecular weight excluding hydrogens is 336 g/mol. The molecule has 24 heavy (non-hydrogen) atoms. The number of methoxy groups -OCH3 is 1. The van der Waals surface area contributed by atoms with Crippen LogP contribution in [0.4, 0.5) is 0 Å². The Hall–Kier alpha value is -1.97. The van der Waals surface area contributed by atoms with Gasteiger partial charge in [0.1, 0.15) is 0 Å². The maximum Gasteiger partial charge on any atom is 0.307 e. The molecule has 0 saturated carbocycles. The summed E-state index contributed by atoms with van der Waals surface area (Å²) < 4.78 is 36.5. The summed E-state index contributed by atoms with van der Waals surface area (Å²) in [4.78, 5) is 23.3. The molecule has 1 fully saturated rings. The first-order valence-electron chi connectivity index (χ1n) is 7.48. The van der Waals surface area contributed by atoms with Gasteiger partial charge in [-0.25, -0.2) is 8.42 Å². The van der Waals surface area contributed by atoms with E-state index >= 15 is 0 Å². The molecule has 0 aliphatic carbocycles. The van der Waals surface area contributed by atoms with E-state index in [2.05, 4.69) is 10.1 Å². The van der Waals surface area contributed by atoms with Crippen molar-refractivity contribution in [1.82, 2.24) is 9.62 Å². The molecular formula is C15H20N2O6S. The van der Waals surface area contributed by atoms with Crippen LogP contribution in [0.25, 0.3) is 0 Å². The first kappa shape index (κ1) is 18.4. The molecule has 8 nitrogen and oxygen atoms in total. The number of nitrogens with one attached hydrogen (secondary N) is 1. The molecule has 9 heteroatoms. The van der Waals surface area contributed by atoms with Crippen molar-refractivity contribution in [3.8, 4) is 0 Å². The summed E-state index contributed by atoms with van der Waals surface area (Å²) in [6.45, 7) is 1.22. The van der Waals surface area contributed by atoms with E-state index in [1.807, 2.05) is 0 Å². The highest BCUT2D eigenvalue weighted by molar-refractivity contribution is 7.89. The molecule has 0 unspecified atom stereocenters. The molecule has 132 valence electrons. The number of sulfonamides is 1. The number of amides is 1. The zero-order chi connectivity index (χ0) is 17.6. The van der Waals surface area contributed by atoms with E-state index in [1.165, 1.54) is 23.5 Å². The van der Waals surface area contributed by atoms with Crippen LogP contribution in [0.15, 0.2) is 29.2 Å². The molecule has 0 radical (unpaired) electrons. The normalized spacial score (nSPS) is 15.7. The van der Waals surface area contributed by atoms with E-state index < -0.39 is 21.9 Å². The second-order valence-electron chi connectivity index (χ2n) is 5.09. The van der Waals surface area contributed by atoms with E-state index in [9.17, 15) is 18.0 Å². The third kappa shape index (κ3) is 4.31. The van der Waals surface area contributed by atoms with E-state index in [0.29, 0.717) is 13.2 Å². The van der Waals surface area contributed by atoms with E-state index in [4.69, 9.17) is 4.74 Å². The van der Waals surface area contributed by atoms with Crippen molar-refractivity contribution >= 4 is 21.9 Å². The van der Waals surface area contributed by atoms with Crippen LogP contribution >= 0.6 is 0 Å². The predicted octanol–water partition coefficient (Wildman–Crippen LogP) is 0.000400. The lowest BCUT2D eigenvalue weighted by atomic mass is 10.2. The highest BCUT2D eigenvalue weighted by atomic mass is 32.2. The fraction of sp³-hybridized carbons (Fsp3) is 0.467. The van der Waals surface area contributed by atoms with Crippen molar-refractivity contribution in [2.24, 2.45) is 0 Å². The highest BCUT2D eigenvalue weighted by Crippen LogP contribution is 2.21. The standard InChI is InChI=1S/C15H20N2O6S/c1-22-14(18)6-7-16-15(19)12-4-2-3-5-13(12)24(20,21)17-8-10-23-11-9-17/h2-5H,6-11H2,1H3,(H,16,19). The van der Waals surface area contributed by atoms with Crippen molar-refractivity contribution in [3.05, 3.63) is 29.8 Å². The lowest BCUT2D eigenvalue weighted by Crippen LogP contribution is -2.41. The number of hydrogen-bond donors (Lipinski definition) is 1. The average molecular weight is 356 g/mol. The van der Waals surface area contributed by atoms with Gasteiger partial charge in [-0.05, 0) is 12.1 Å². The first-order chi connectivity index (χ1) is 11.5. The van der Waals surface area contributed by atoms with E-state index in [-0.39, 0.29) is 36.5 Å². The summed E-state index contributed by atoms with van der Waals surface area (Å²) in [5.74, 6) is -1.00. The fourth-order valence-electron chi connectivity index (χ4n) is 2.28. The van der Waals surface area contributed by atoms with Crippen LogP contribution < -0.4 is 5.32 Å². The molecule has 1 saturated heterocycles. The van der Waals surface area contributed by atoms with Crippen LogP contribution in [0.2, 0.25) is 0 Å². The molecule has 1 aliphatic heterocycles. The van der Waals surface area contributed by atoms with E-state index in [1.54, 1.807) is 12.1 Å². The third-order valence-corrected chi connectivity index (χ3v) is 5.52. The number of esters is 1. The molecule has 2 rings (SSSR count). The number of hydrogen-bond acceptors (Lipinski definition) is 6. The minimum absolute atomic E-state index is 0.0145. The summed E-state index contributed by atoms with van der Waals surface area (Å²) in [6.07, 6.45) is 0.0145. The van der Waals surface area contributed by atoms with Gasteiger partial charge in [0.25, 0.3) is 5.91 Å². The monoisotopic (exact) mass is 356 g/mol. The Morgan fingerprint density at radius 2 is 1.92 bits per heavy atom. The van der Waals surface area contributed by atoms with Crippen LogP contribution in [0, 0.1) is 0 Å². The van der Waals surface area contributed by atoms with Crippen LogP contribution in [0.5, 0.6) is 0 Å². The minimum Gasteiger partial charge on any atom is -0.469 e. The lowest BCUT2D eigenvalue weighted by Gasteiger charge is -2.26. The van der Waals surface area contributed by atoms with Gasteiger partial charge in [-0.15, -0.1) is 0 Å². The number of nitrogens with zero attached hydrogens (tertiary/aromatic N) is 1. The summed E-state index contributed by atoms with van der Waals surface area (Å²) in [5.41, 5.74) is 0.0499. The maximum absolute atomic E-state index is 12.8. The molecule has 0 aromatic heterocycles. The Balaban J connectivity index is 2.17. The van der Waals surface area contributed by atoms with Gasteiger partial charge >= 0.3 is 5.97 Å². The second-order valence-corrected chi connectivity index (χ2v) is 7.00. The van der Waals surface area contributed by atoms with Crippen LogP contribution in [-0.4, -0.2) is 64.6 Å². The Morgan fingerprint density at radius 1 is 1.25 bits per heavy atom. The van der Waals surface area contributed by atoms with Gasteiger partial charge in [-0.2, -0.15) is 4.31 Å². The summed E-state index contributed by atoms with van der Waals surface area (Å²) in [6, 6.07) is 6.01.